The van der Waals surface area contributed by atoms with Crippen LogP contribution in [0.15, 0.2) is 28.0 Å². The molecular weight excluding hydrogens is 316 g/mol. The molecule has 0 aliphatic rings. The van der Waals surface area contributed by atoms with E-state index < -0.39 is 19.7 Å². The van der Waals surface area contributed by atoms with Gasteiger partial charge in [0.1, 0.15) is 0 Å². The average molecular weight is 334 g/mol. The Kier molecular flexibility index (Phi) is 5.00. The van der Waals surface area contributed by atoms with Crippen LogP contribution >= 0.6 is 0 Å². The van der Waals surface area contributed by atoms with Crippen molar-refractivity contribution in [2.45, 2.75) is 9.79 Å². The molecule has 0 radical (unpaired) electrons. The number of hydrogen-bond acceptors (Lipinski definition) is 6. The highest BCUT2D eigenvalue weighted by atomic mass is 32.2. The van der Waals surface area contributed by atoms with E-state index in [2.05, 4.69) is 5.32 Å². The molecule has 9 heteroatoms. The van der Waals surface area contributed by atoms with E-state index in [0.29, 0.717) is 0 Å². The fraction of sp³-hybridized carbons (Fsp3) is 0.417. The molecule has 1 N–H and O–H groups in total. The summed E-state index contributed by atoms with van der Waals surface area (Å²) in [6.45, 7) is -0.0444. The van der Waals surface area contributed by atoms with Crippen molar-refractivity contribution in [1.82, 2.24) is 5.32 Å². The second-order valence-corrected chi connectivity index (χ2v) is 8.70. The minimum atomic E-state index is -3.64. The molecule has 0 aliphatic heterocycles. The van der Waals surface area contributed by atoms with Crippen LogP contribution in [0.2, 0.25) is 0 Å². The molecule has 1 aromatic carbocycles. The first kappa shape index (κ1) is 17.4. The highest BCUT2D eigenvalue weighted by Crippen LogP contribution is 2.27. The number of amides is 1. The number of anilines is 1. The number of hydrogen-bond donors (Lipinski definition) is 1. The van der Waals surface area contributed by atoms with E-state index in [1.807, 2.05) is 0 Å². The quantitative estimate of drug-likeness (QED) is 0.792. The molecule has 1 aromatic rings. The number of sulfone groups is 2. The van der Waals surface area contributed by atoms with Crippen LogP contribution < -0.4 is 10.2 Å². The maximum atomic E-state index is 11.9. The second-order valence-electron chi connectivity index (χ2n) is 4.70. The van der Waals surface area contributed by atoms with Crippen LogP contribution in [0.5, 0.6) is 0 Å². The van der Waals surface area contributed by atoms with Gasteiger partial charge in [-0.05, 0) is 18.2 Å². The predicted molar refractivity (Wildman–Crippen MR) is 80.0 cm³/mol. The smallest absolute Gasteiger partial charge is 0.239 e. The highest BCUT2D eigenvalue weighted by molar-refractivity contribution is 7.91. The van der Waals surface area contributed by atoms with Crippen molar-refractivity contribution in [2.75, 3.05) is 38.1 Å². The summed E-state index contributed by atoms with van der Waals surface area (Å²) in [6, 6.07) is 3.82. The zero-order chi connectivity index (χ0) is 16.4. The molecule has 0 spiro atoms. The van der Waals surface area contributed by atoms with Crippen LogP contribution in [0.25, 0.3) is 0 Å². The van der Waals surface area contributed by atoms with Crippen LogP contribution in [0.4, 0.5) is 5.69 Å². The Morgan fingerprint density at radius 3 is 2.14 bits per heavy atom. The molecule has 0 heterocycles. The van der Waals surface area contributed by atoms with Crippen LogP contribution in [0.1, 0.15) is 0 Å². The van der Waals surface area contributed by atoms with Gasteiger partial charge in [-0.25, -0.2) is 16.8 Å². The summed E-state index contributed by atoms with van der Waals surface area (Å²) >= 11 is 0. The number of nitrogens with zero attached hydrogens (tertiary/aromatic N) is 1. The van der Waals surface area contributed by atoms with Gasteiger partial charge < -0.3 is 10.2 Å². The monoisotopic (exact) mass is 334 g/mol. The summed E-state index contributed by atoms with van der Waals surface area (Å²) in [6.07, 6.45) is 1.99. The molecule has 0 saturated carbocycles. The molecule has 21 heavy (non-hydrogen) atoms. The van der Waals surface area contributed by atoms with Gasteiger partial charge in [-0.2, -0.15) is 0 Å². The third kappa shape index (κ3) is 4.43. The number of nitrogens with one attached hydrogen (secondary N) is 1. The molecule has 0 saturated heterocycles. The third-order valence-corrected chi connectivity index (χ3v) is 5.07. The molecule has 0 aromatic heterocycles. The first-order valence-electron chi connectivity index (χ1n) is 5.92. The largest absolute Gasteiger partial charge is 0.364 e. The lowest BCUT2D eigenvalue weighted by Gasteiger charge is -2.21. The topological polar surface area (TPSA) is 101 Å². The van der Waals surface area contributed by atoms with E-state index in [9.17, 15) is 21.6 Å². The summed E-state index contributed by atoms with van der Waals surface area (Å²) in [5.74, 6) is -0.288. The van der Waals surface area contributed by atoms with E-state index in [4.69, 9.17) is 0 Å². The molecule has 0 unspecified atom stereocenters. The summed E-state index contributed by atoms with van der Waals surface area (Å²) in [7, 11) is -4.13. The van der Waals surface area contributed by atoms with Gasteiger partial charge in [0.25, 0.3) is 0 Å². The molecule has 0 aliphatic carbocycles. The van der Waals surface area contributed by atoms with Crippen molar-refractivity contribution in [2.24, 2.45) is 0 Å². The Labute approximate surface area is 124 Å². The Balaban J connectivity index is 3.43. The lowest BCUT2D eigenvalue weighted by Crippen LogP contribution is -2.33. The van der Waals surface area contributed by atoms with Crippen molar-refractivity contribution >= 4 is 31.3 Å². The van der Waals surface area contributed by atoms with Crippen LogP contribution in [0.3, 0.4) is 0 Å². The molecule has 0 atom stereocenters. The number of carbonyl (C=O) groups excluding carboxylic acids is 1. The SMILES string of the molecule is CNC(=O)CN(C)c1ccc(S(C)(=O)=O)cc1S(C)(=O)=O. The Bertz CT molecular complexity index is 754. The van der Waals surface area contributed by atoms with Crippen LogP contribution in [-0.2, 0) is 24.5 Å². The molecule has 0 fully saturated rings. The van der Waals surface area contributed by atoms with Crippen molar-refractivity contribution < 1.29 is 21.6 Å². The van der Waals surface area contributed by atoms with Gasteiger partial charge in [-0.15, -0.1) is 0 Å². The fourth-order valence-electron chi connectivity index (χ4n) is 1.72. The van der Waals surface area contributed by atoms with Gasteiger partial charge >= 0.3 is 0 Å². The predicted octanol–water partition coefficient (Wildman–Crippen LogP) is -0.324. The van der Waals surface area contributed by atoms with E-state index in [0.717, 1.165) is 18.6 Å². The first-order chi connectivity index (χ1) is 9.46. The number of carbonyl (C=O) groups is 1. The summed E-state index contributed by atoms with van der Waals surface area (Å²) in [5, 5.41) is 2.43. The average Bonchev–Trinajstić information content (AvgIpc) is 2.35. The first-order valence-corrected chi connectivity index (χ1v) is 9.71. The lowest BCUT2D eigenvalue weighted by atomic mass is 10.3. The van der Waals surface area contributed by atoms with Crippen molar-refractivity contribution in [1.29, 1.82) is 0 Å². The summed E-state index contributed by atoms with van der Waals surface area (Å²) in [5.41, 5.74) is 0.272. The minimum absolute atomic E-state index is 0.0444. The van der Waals surface area contributed by atoms with Crippen molar-refractivity contribution in [3.8, 4) is 0 Å². The maximum absolute atomic E-state index is 11.9. The van der Waals surface area contributed by atoms with Gasteiger partial charge in [-0.3, -0.25) is 4.79 Å². The van der Waals surface area contributed by atoms with E-state index >= 15 is 0 Å². The minimum Gasteiger partial charge on any atom is -0.364 e. The van der Waals surface area contributed by atoms with Gasteiger partial charge in [0, 0.05) is 26.6 Å². The van der Waals surface area contributed by atoms with E-state index in [1.54, 1.807) is 7.05 Å². The summed E-state index contributed by atoms with van der Waals surface area (Å²) in [4.78, 5) is 12.6. The zero-order valence-corrected chi connectivity index (χ0v) is 13.9. The normalized spacial score (nSPS) is 12.0. The molecule has 1 amide bonds. The molecule has 118 valence electrons. The Morgan fingerprint density at radius 2 is 1.71 bits per heavy atom. The Morgan fingerprint density at radius 1 is 1.14 bits per heavy atom. The number of benzene rings is 1. The number of likely N-dealkylation sites (N-methyl/N-ethyl adjacent to an activating group) is 2. The van der Waals surface area contributed by atoms with Gasteiger partial charge in [0.2, 0.25) is 5.91 Å². The Hall–Kier alpha value is -1.61. The highest BCUT2D eigenvalue weighted by Gasteiger charge is 2.20. The van der Waals surface area contributed by atoms with E-state index in [-0.39, 0.29) is 27.9 Å². The van der Waals surface area contributed by atoms with Gasteiger partial charge in [-0.1, -0.05) is 0 Å². The summed E-state index contributed by atoms with van der Waals surface area (Å²) < 4.78 is 46.8. The number of rotatable bonds is 5. The van der Waals surface area contributed by atoms with E-state index in [1.165, 1.54) is 24.1 Å². The van der Waals surface area contributed by atoms with Crippen molar-refractivity contribution in [3.63, 3.8) is 0 Å². The third-order valence-electron chi connectivity index (χ3n) is 2.83. The lowest BCUT2D eigenvalue weighted by molar-refractivity contribution is -0.119. The van der Waals surface area contributed by atoms with Gasteiger partial charge in [0.05, 0.1) is 22.0 Å². The maximum Gasteiger partial charge on any atom is 0.239 e. The molecule has 1 rings (SSSR count). The molecule has 0 bridgehead atoms. The molecule has 7 nitrogen and oxygen atoms in total. The standard InChI is InChI=1S/C12H18N2O5S2/c1-13-12(15)8-14(2)10-6-5-9(20(3,16)17)7-11(10)21(4,18)19/h5-7H,8H2,1-4H3,(H,13,15). The van der Waals surface area contributed by atoms with Crippen LogP contribution in [0, 0.1) is 0 Å². The second kappa shape index (κ2) is 6.02. The molecular formula is C12H18N2O5S2. The van der Waals surface area contributed by atoms with Gasteiger partial charge in [0.15, 0.2) is 19.7 Å². The zero-order valence-electron chi connectivity index (χ0n) is 12.2. The van der Waals surface area contributed by atoms with Crippen LogP contribution in [-0.4, -0.2) is 55.9 Å². The van der Waals surface area contributed by atoms with Crippen molar-refractivity contribution in [3.05, 3.63) is 18.2 Å². The fourth-order valence-corrected chi connectivity index (χ4v) is 3.38.